The van der Waals surface area contributed by atoms with Crippen LogP contribution >= 0.6 is 0 Å². The molecule has 0 saturated heterocycles. The van der Waals surface area contributed by atoms with Crippen LogP contribution in [0.15, 0.2) is 41.3 Å². The van der Waals surface area contributed by atoms with Gasteiger partial charge in [-0.3, -0.25) is 4.79 Å². The lowest BCUT2D eigenvalue weighted by molar-refractivity contribution is -0.119. The Hall–Kier alpha value is -2.18. The number of fused-ring (bicyclic) bond motifs is 2. The van der Waals surface area contributed by atoms with Gasteiger partial charge in [0.2, 0.25) is 15.9 Å². The zero-order valence-electron chi connectivity index (χ0n) is 17.4. The Labute approximate surface area is 178 Å². The highest BCUT2D eigenvalue weighted by Crippen LogP contribution is 2.37. The molecule has 2 aromatic rings. The fraction of sp³-hybridized carbons (Fsp3) is 0.458. The Morgan fingerprint density at radius 3 is 2.53 bits per heavy atom. The quantitative estimate of drug-likeness (QED) is 0.792. The summed E-state index contributed by atoms with van der Waals surface area (Å²) in [4.78, 5) is 14.5. The van der Waals surface area contributed by atoms with Crippen molar-refractivity contribution in [3.63, 3.8) is 0 Å². The zero-order valence-corrected chi connectivity index (χ0v) is 18.2. The van der Waals surface area contributed by atoms with Gasteiger partial charge < -0.3 is 4.90 Å². The molecular formula is C24H28N2O3S. The van der Waals surface area contributed by atoms with Crippen molar-refractivity contribution in [2.75, 3.05) is 11.4 Å². The van der Waals surface area contributed by atoms with Crippen LogP contribution in [-0.2, 0) is 34.1 Å². The van der Waals surface area contributed by atoms with E-state index in [0.717, 1.165) is 42.5 Å². The lowest BCUT2D eigenvalue weighted by Gasteiger charge is -2.20. The van der Waals surface area contributed by atoms with Crippen molar-refractivity contribution in [3.05, 3.63) is 58.7 Å². The molecule has 5 nitrogen and oxygen atoms in total. The molecule has 0 radical (unpaired) electrons. The van der Waals surface area contributed by atoms with Crippen molar-refractivity contribution in [1.82, 2.24) is 4.72 Å². The molecule has 0 aromatic heterocycles. The number of aryl methyl sites for hydroxylation is 2. The summed E-state index contributed by atoms with van der Waals surface area (Å²) in [6.07, 6.45) is 7.28. The van der Waals surface area contributed by atoms with Crippen LogP contribution in [0, 0.1) is 5.92 Å². The first-order valence-electron chi connectivity index (χ1n) is 11.0. The van der Waals surface area contributed by atoms with E-state index < -0.39 is 10.0 Å². The van der Waals surface area contributed by atoms with Crippen molar-refractivity contribution in [2.45, 2.75) is 62.8 Å². The van der Waals surface area contributed by atoms with E-state index in [1.54, 1.807) is 18.2 Å². The maximum Gasteiger partial charge on any atom is 0.241 e. The molecule has 1 aliphatic heterocycles. The summed E-state index contributed by atoms with van der Waals surface area (Å²) >= 11 is 0. The van der Waals surface area contributed by atoms with Gasteiger partial charge in [0.25, 0.3) is 0 Å². The van der Waals surface area contributed by atoms with Crippen LogP contribution in [0.2, 0.25) is 0 Å². The molecule has 158 valence electrons. The van der Waals surface area contributed by atoms with Gasteiger partial charge in [-0.2, -0.15) is 0 Å². The predicted octanol–water partition coefficient (Wildman–Crippen LogP) is 3.90. The average molecular weight is 425 g/mol. The van der Waals surface area contributed by atoms with Gasteiger partial charge in [0, 0.05) is 24.2 Å². The fourth-order valence-corrected chi connectivity index (χ4v) is 6.00. The van der Waals surface area contributed by atoms with Gasteiger partial charge in [0.05, 0.1) is 4.90 Å². The van der Waals surface area contributed by atoms with Gasteiger partial charge in [0.1, 0.15) is 0 Å². The number of carbonyl (C=O) groups excluding carboxylic acids is 1. The Kier molecular flexibility index (Phi) is 4.94. The van der Waals surface area contributed by atoms with E-state index in [2.05, 4.69) is 16.9 Å². The first kappa shape index (κ1) is 19.8. The topological polar surface area (TPSA) is 66.5 Å². The summed E-state index contributed by atoms with van der Waals surface area (Å²) in [5, 5.41) is 0. The number of hydrogen-bond acceptors (Lipinski definition) is 3. The second-order valence-corrected chi connectivity index (χ2v) is 10.6. The van der Waals surface area contributed by atoms with Gasteiger partial charge in [-0.25, -0.2) is 13.1 Å². The van der Waals surface area contributed by atoms with Gasteiger partial charge in [-0.05, 0) is 92.3 Å². The molecule has 2 aliphatic carbocycles. The maximum atomic E-state index is 13.0. The molecule has 1 amide bonds. The van der Waals surface area contributed by atoms with Crippen molar-refractivity contribution < 1.29 is 13.2 Å². The van der Waals surface area contributed by atoms with Crippen LogP contribution in [0.5, 0.6) is 0 Å². The van der Waals surface area contributed by atoms with E-state index in [0.29, 0.717) is 13.0 Å². The van der Waals surface area contributed by atoms with Crippen LogP contribution in [-0.4, -0.2) is 20.9 Å². The lowest BCUT2D eigenvalue weighted by Crippen LogP contribution is -2.30. The summed E-state index contributed by atoms with van der Waals surface area (Å²) in [7, 11) is -3.65. The number of nitrogens with zero attached hydrogens (tertiary/aromatic N) is 1. The van der Waals surface area contributed by atoms with Crippen LogP contribution in [0.1, 0.15) is 60.9 Å². The Morgan fingerprint density at radius 2 is 1.77 bits per heavy atom. The summed E-state index contributed by atoms with van der Waals surface area (Å²) in [6.45, 7) is 2.54. The van der Waals surface area contributed by atoms with E-state index in [1.165, 1.54) is 24.0 Å². The molecule has 5 rings (SSSR count). The second kappa shape index (κ2) is 7.50. The van der Waals surface area contributed by atoms with Crippen LogP contribution < -0.4 is 9.62 Å². The largest absolute Gasteiger partial charge is 0.312 e. The molecular weight excluding hydrogens is 396 g/mol. The number of rotatable bonds is 5. The number of amides is 1. The molecule has 1 heterocycles. The Balaban J connectivity index is 1.34. The molecule has 0 spiro atoms. The van der Waals surface area contributed by atoms with Crippen molar-refractivity contribution in [3.8, 4) is 0 Å². The third-order valence-electron chi connectivity index (χ3n) is 6.65. The minimum Gasteiger partial charge on any atom is -0.312 e. The van der Waals surface area contributed by atoms with Gasteiger partial charge in [-0.1, -0.05) is 18.2 Å². The van der Waals surface area contributed by atoms with Crippen LogP contribution in [0.4, 0.5) is 5.69 Å². The van der Waals surface area contributed by atoms with Crippen molar-refractivity contribution >= 4 is 21.6 Å². The standard InChI is InChI=1S/C24H28N2O3S/c1-16(19-9-6-17-4-2-3-5-20(17)14-19)25-30(28,29)22-10-11-23-21(15-22)12-13-26(23)24(27)18-7-8-18/h6,9-11,14-16,18,25H,2-5,7-8,12-13H2,1H3/t16-/m1/s1. The highest BCUT2D eigenvalue weighted by atomic mass is 32.2. The molecule has 0 unspecified atom stereocenters. The van der Waals surface area contributed by atoms with E-state index in [-0.39, 0.29) is 22.8 Å². The number of hydrogen-bond donors (Lipinski definition) is 1. The number of nitrogens with one attached hydrogen (secondary N) is 1. The summed E-state index contributed by atoms with van der Waals surface area (Å²) in [5.41, 5.74) is 5.55. The molecule has 30 heavy (non-hydrogen) atoms. The zero-order chi connectivity index (χ0) is 20.9. The third kappa shape index (κ3) is 3.67. The predicted molar refractivity (Wildman–Crippen MR) is 117 cm³/mol. The molecule has 6 heteroatoms. The maximum absolute atomic E-state index is 13.0. The van der Waals surface area contributed by atoms with Crippen molar-refractivity contribution in [2.24, 2.45) is 5.92 Å². The van der Waals surface area contributed by atoms with Gasteiger partial charge in [0.15, 0.2) is 0 Å². The summed E-state index contributed by atoms with van der Waals surface area (Å²) < 4.78 is 28.9. The number of sulfonamides is 1. The molecule has 1 N–H and O–H groups in total. The number of benzene rings is 2. The van der Waals surface area contributed by atoms with Crippen LogP contribution in [0.25, 0.3) is 0 Å². The highest BCUT2D eigenvalue weighted by Gasteiger charge is 2.36. The smallest absolute Gasteiger partial charge is 0.241 e. The van der Waals surface area contributed by atoms with E-state index in [4.69, 9.17) is 0 Å². The van der Waals surface area contributed by atoms with E-state index >= 15 is 0 Å². The Bertz CT molecular complexity index is 1110. The average Bonchev–Trinajstić information content (AvgIpc) is 3.51. The van der Waals surface area contributed by atoms with E-state index in [9.17, 15) is 13.2 Å². The lowest BCUT2D eigenvalue weighted by atomic mass is 9.89. The first-order chi connectivity index (χ1) is 14.4. The first-order valence-corrected chi connectivity index (χ1v) is 12.5. The van der Waals surface area contributed by atoms with Gasteiger partial charge >= 0.3 is 0 Å². The summed E-state index contributed by atoms with van der Waals surface area (Å²) in [5.74, 6) is 0.349. The van der Waals surface area contributed by atoms with Crippen LogP contribution in [0.3, 0.4) is 0 Å². The minimum absolute atomic E-state index is 0.165. The molecule has 2 aromatic carbocycles. The highest BCUT2D eigenvalue weighted by molar-refractivity contribution is 7.89. The van der Waals surface area contributed by atoms with Crippen molar-refractivity contribution in [1.29, 1.82) is 0 Å². The molecule has 1 fully saturated rings. The molecule has 0 bridgehead atoms. The molecule has 1 saturated carbocycles. The molecule has 3 aliphatic rings. The normalized spacial score (nSPS) is 19.3. The summed E-state index contributed by atoms with van der Waals surface area (Å²) in [6, 6.07) is 11.2. The number of carbonyl (C=O) groups is 1. The third-order valence-corrected chi connectivity index (χ3v) is 8.19. The Morgan fingerprint density at radius 1 is 1.00 bits per heavy atom. The molecule has 1 atom stereocenters. The number of anilines is 1. The van der Waals surface area contributed by atoms with Gasteiger partial charge in [-0.15, -0.1) is 0 Å². The minimum atomic E-state index is -3.65. The van der Waals surface area contributed by atoms with E-state index in [1.807, 2.05) is 17.9 Å². The second-order valence-electron chi connectivity index (χ2n) is 8.88. The SMILES string of the molecule is C[C@@H](NS(=O)(=O)c1ccc2c(c1)CCN2C(=O)C1CC1)c1ccc2c(c1)CCCC2. The monoisotopic (exact) mass is 424 g/mol. The fourth-order valence-electron chi connectivity index (χ4n) is 4.72.